The number of benzene rings is 1. The number of aryl methyl sites for hydroxylation is 1. The fraction of sp³-hybridized carbons (Fsp3) is 0.588. The number of hydrogen-bond acceptors (Lipinski definition) is 3. The van der Waals surface area contributed by atoms with Crippen molar-refractivity contribution in [2.45, 2.75) is 32.1 Å². The summed E-state index contributed by atoms with van der Waals surface area (Å²) < 4.78 is 5.10. The highest BCUT2D eigenvalue weighted by Gasteiger charge is 2.50. The molecule has 110 valence electrons. The summed E-state index contributed by atoms with van der Waals surface area (Å²) >= 11 is 0. The molecule has 1 aliphatic rings. The molecule has 0 aromatic heterocycles. The average molecular weight is 275 g/mol. The van der Waals surface area contributed by atoms with Crippen LogP contribution in [-0.4, -0.2) is 44.0 Å². The summed E-state index contributed by atoms with van der Waals surface area (Å²) in [6, 6.07) is 8.44. The Kier molecular flexibility index (Phi) is 4.95. The number of likely N-dealkylation sites (N-methyl/N-ethyl adjacent to an activating group) is 1. The molecular formula is C17H25NO2. The lowest BCUT2D eigenvalue weighted by molar-refractivity contribution is -0.122. The van der Waals surface area contributed by atoms with Crippen LogP contribution in [0.1, 0.15) is 30.9 Å². The van der Waals surface area contributed by atoms with Crippen LogP contribution in [0.25, 0.3) is 0 Å². The number of hydrogen-bond donors (Lipinski definition) is 0. The molecule has 0 heterocycles. The van der Waals surface area contributed by atoms with E-state index < -0.39 is 0 Å². The zero-order valence-corrected chi connectivity index (χ0v) is 12.8. The molecule has 0 spiro atoms. The third-order valence-electron chi connectivity index (χ3n) is 4.31. The Morgan fingerprint density at radius 1 is 1.30 bits per heavy atom. The Labute approximate surface area is 121 Å². The number of carbonyl (C=O) groups is 1. The highest BCUT2D eigenvalue weighted by Crippen LogP contribution is 2.49. The van der Waals surface area contributed by atoms with E-state index in [2.05, 4.69) is 43.0 Å². The van der Waals surface area contributed by atoms with Gasteiger partial charge in [-0.1, -0.05) is 36.8 Å². The smallest absolute Gasteiger partial charge is 0.157 e. The second kappa shape index (κ2) is 6.51. The lowest BCUT2D eigenvalue weighted by atomic mass is 9.90. The van der Waals surface area contributed by atoms with Gasteiger partial charge in [0.2, 0.25) is 0 Å². The van der Waals surface area contributed by atoms with E-state index in [4.69, 9.17) is 4.74 Å². The lowest BCUT2D eigenvalue weighted by Gasteiger charge is -2.23. The maximum atomic E-state index is 12.7. The minimum absolute atomic E-state index is 0.200. The van der Waals surface area contributed by atoms with Gasteiger partial charge in [-0.05, 0) is 31.9 Å². The fourth-order valence-corrected chi connectivity index (χ4v) is 2.65. The first kappa shape index (κ1) is 15.2. The van der Waals surface area contributed by atoms with Crippen molar-refractivity contribution in [2.24, 2.45) is 0 Å². The Morgan fingerprint density at radius 2 is 1.95 bits per heavy atom. The molecule has 0 aliphatic heterocycles. The summed E-state index contributed by atoms with van der Waals surface area (Å²) in [6.07, 6.45) is 1.99. The zero-order valence-electron chi connectivity index (χ0n) is 12.8. The monoisotopic (exact) mass is 275 g/mol. The van der Waals surface area contributed by atoms with Crippen LogP contribution < -0.4 is 0 Å². The molecule has 0 bridgehead atoms. The van der Waals surface area contributed by atoms with Gasteiger partial charge in [-0.2, -0.15) is 0 Å². The van der Waals surface area contributed by atoms with Gasteiger partial charge in [0.1, 0.15) is 0 Å². The molecule has 3 heteroatoms. The predicted octanol–water partition coefficient (Wildman–Crippen LogP) is 2.56. The van der Waals surface area contributed by atoms with Crippen molar-refractivity contribution in [3.63, 3.8) is 0 Å². The van der Waals surface area contributed by atoms with Crippen LogP contribution in [0.5, 0.6) is 0 Å². The molecule has 1 fully saturated rings. The Bertz CT molecular complexity index is 449. The van der Waals surface area contributed by atoms with Gasteiger partial charge in [-0.3, -0.25) is 9.69 Å². The number of carbonyl (C=O) groups excluding carboxylic acids is 1. The molecule has 0 amide bonds. The Morgan fingerprint density at radius 3 is 2.45 bits per heavy atom. The number of ether oxygens (including phenoxy) is 1. The highest BCUT2D eigenvalue weighted by molar-refractivity contribution is 5.94. The number of rotatable bonds is 8. The van der Waals surface area contributed by atoms with Crippen LogP contribution >= 0.6 is 0 Å². The van der Waals surface area contributed by atoms with E-state index in [-0.39, 0.29) is 5.41 Å². The maximum Gasteiger partial charge on any atom is 0.157 e. The Balaban J connectivity index is 2.02. The molecule has 20 heavy (non-hydrogen) atoms. The van der Waals surface area contributed by atoms with E-state index in [0.29, 0.717) is 18.9 Å². The average Bonchev–Trinajstić information content (AvgIpc) is 3.25. The summed E-state index contributed by atoms with van der Waals surface area (Å²) in [4.78, 5) is 14.8. The molecule has 2 rings (SSSR count). The van der Waals surface area contributed by atoms with Gasteiger partial charge in [0.25, 0.3) is 0 Å². The molecule has 1 saturated carbocycles. The standard InChI is InChI=1S/C17H25NO2/c1-4-18(11-12-20-3)13-16(19)17(9-10-17)15-7-5-14(2)6-8-15/h5-8H,4,9-13H2,1-3H3. The van der Waals surface area contributed by atoms with Gasteiger partial charge in [-0.25, -0.2) is 0 Å². The van der Waals surface area contributed by atoms with Gasteiger partial charge >= 0.3 is 0 Å². The van der Waals surface area contributed by atoms with Crippen molar-refractivity contribution in [3.05, 3.63) is 35.4 Å². The lowest BCUT2D eigenvalue weighted by Crippen LogP contribution is -2.37. The van der Waals surface area contributed by atoms with Crippen molar-refractivity contribution in [3.8, 4) is 0 Å². The minimum Gasteiger partial charge on any atom is -0.383 e. The Hall–Kier alpha value is -1.19. The van der Waals surface area contributed by atoms with Crippen molar-refractivity contribution in [1.82, 2.24) is 4.90 Å². The molecule has 0 radical (unpaired) electrons. The van der Waals surface area contributed by atoms with E-state index in [1.54, 1.807) is 7.11 Å². The van der Waals surface area contributed by atoms with E-state index in [1.807, 2.05) is 0 Å². The van der Waals surface area contributed by atoms with Gasteiger partial charge in [0.05, 0.1) is 18.6 Å². The van der Waals surface area contributed by atoms with Crippen LogP contribution in [0.3, 0.4) is 0 Å². The third-order valence-corrected chi connectivity index (χ3v) is 4.31. The maximum absolute atomic E-state index is 12.7. The third kappa shape index (κ3) is 3.28. The first-order valence-corrected chi connectivity index (χ1v) is 7.44. The topological polar surface area (TPSA) is 29.5 Å². The van der Waals surface area contributed by atoms with Crippen LogP contribution in [0.4, 0.5) is 0 Å². The SMILES string of the molecule is CCN(CCOC)CC(=O)C1(c2ccc(C)cc2)CC1. The van der Waals surface area contributed by atoms with Crippen molar-refractivity contribution in [1.29, 1.82) is 0 Å². The van der Waals surface area contributed by atoms with Crippen LogP contribution in [0.2, 0.25) is 0 Å². The molecule has 0 atom stereocenters. The molecule has 1 aromatic rings. The molecule has 3 nitrogen and oxygen atoms in total. The van der Waals surface area contributed by atoms with E-state index in [9.17, 15) is 4.79 Å². The van der Waals surface area contributed by atoms with E-state index in [1.165, 1.54) is 11.1 Å². The second-order valence-corrected chi connectivity index (χ2v) is 5.73. The molecule has 0 N–H and O–H groups in total. The van der Waals surface area contributed by atoms with Crippen molar-refractivity contribution >= 4 is 5.78 Å². The summed E-state index contributed by atoms with van der Waals surface area (Å²) in [6.45, 7) is 7.09. The van der Waals surface area contributed by atoms with Gasteiger partial charge in [0, 0.05) is 13.7 Å². The molecule has 0 unspecified atom stereocenters. The minimum atomic E-state index is -0.200. The van der Waals surface area contributed by atoms with Crippen molar-refractivity contribution in [2.75, 3.05) is 33.4 Å². The summed E-state index contributed by atoms with van der Waals surface area (Å²) in [5.74, 6) is 0.360. The van der Waals surface area contributed by atoms with Gasteiger partial charge < -0.3 is 4.74 Å². The summed E-state index contributed by atoms with van der Waals surface area (Å²) in [7, 11) is 1.70. The molecule has 1 aromatic carbocycles. The largest absolute Gasteiger partial charge is 0.383 e. The van der Waals surface area contributed by atoms with Gasteiger partial charge in [0.15, 0.2) is 5.78 Å². The van der Waals surface area contributed by atoms with E-state index >= 15 is 0 Å². The quantitative estimate of drug-likeness (QED) is 0.730. The van der Waals surface area contributed by atoms with Crippen molar-refractivity contribution < 1.29 is 9.53 Å². The second-order valence-electron chi connectivity index (χ2n) is 5.73. The summed E-state index contributed by atoms with van der Waals surface area (Å²) in [5.41, 5.74) is 2.23. The van der Waals surface area contributed by atoms with Crippen LogP contribution in [-0.2, 0) is 14.9 Å². The normalized spacial score (nSPS) is 16.4. The van der Waals surface area contributed by atoms with Crippen LogP contribution in [0.15, 0.2) is 24.3 Å². The first-order chi connectivity index (χ1) is 9.62. The van der Waals surface area contributed by atoms with Gasteiger partial charge in [-0.15, -0.1) is 0 Å². The number of methoxy groups -OCH3 is 1. The van der Waals surface area contributed by atoms with Crippen LogP contribution in [0, 0.1) is 6.92 Å². The van der Waals surface area contributed by atoms with E-state index in [0.717, 1.165) is 25.9 Å². The molecular weight excluding hydrogens is 250 g/mol. The zero-order chi connectivity index (χ0) is 14.6. The first-order valence-electron chi connectivity index (χ1n) is 7.44. The highest BCUT2D eigenvalue weighted by atomic mass is 16.5. The molecule has 1 aliphatic carbocycles. The molecule has 0 saturated heterocycles. The number of nitrogens with zero attached hydrogens (tertiary/aromatic N) is 1. The summed E-state index contributed by atoms with van der Waals surface area (Å²) in [5, 5.41) is 0. The predicted molar refractivity (Wildman–Crippen MR) is 81.1 cm³/mol. The number of ketones is 1. The number of Topliss-reactive ketones (excluding diaryl/α,β-unsaturated/α-hetero) is 1. The fourth-order valence-electron chi connectivity index (χ4n) is 2.65.